The van der Waals surface area contributed by atoms with Crippen LogP contribution in [0.5, 0.6) is 0 Å². The molecule has 0 atom stereocenters. The Morgan fingerprint density at radius 2 is 0.571 bits per heavy atom. The molecule has 0 aliphatic heterocycles. The van der Waals surface area contributed by atoms with Gasteiger partial charge in [-0.25, -0.2) is 43.9 Å². The molecule has 0 saturated carbocycles. The molecular formula is C30H8F10O2. The molecule has 6 rings (SSSR count). The van der Waals surface area contributed by atoms with E-state index in [1.807, 2.05) is 0 Å². The molecule has 0 bridgehead atoms. The summed E-state index contributed by atoms with van der Waals surface area (Å²) in [6.45, 7) is 0. The van der Waals surface area contributed by atoms with Gasteiger partial charge in [0.25, 0.3) is 0 Å². The Morgan fingerprint density at radius 1 is 0.310 bits per heavy atom. The van der Waals surface area contributed by atoms with E-state index in [4.69, 9.17) is 0 Å². The molecule has 0 amide bonds. The maximum atomic E-state index is 15.2. The first-order chi connectivity index (χ1) is 19.9. The maximum absolute atomic E-state index is 15.2. The first-order valence-corrected chi connectivity index (χ1v) is 11.7. The smallest absolute Gasteiger partial charge is 0.200 e. The summed E-state index contributed by atoms with van der Waals surface area (Å²) in [5.41, 5.74) is -8.31. The highest BCUT2D eigenvalue weighted by molar-refractivity contribution is 6.35. The summed E-state index contributed by atoms with van der Waals surface area (Å²) in [5.74, 6) is -26.8. The van der Waals surface area contributed by atoms with E-state index in [1.165, 1.54) is 12.1 Å². The Balaban J connectivity index is 1.94. The van der Waals surface area contributed by atoms with Crippen LogP contribution >= 0.6 is 0 Å². The molecule has 0 saturated heterocycles. The Kier molecular flexibility index (Phi) is 6.00. The van der Waals surface area contributed by atoms with Gasteiger partial charge in [-0.1, -0.05) is 48.5 Å². The lowest BCUT2D eigenvalue weighted by Gasteiger charge is -2.26. The van der Waals surface area contributed by atoms with Crippen molar-refractivity contribution in [3.8, 4) is 22.3 Å². The third-order valence-electron chi connectivity index (χ3n) is 7.01. The van der Waals surface area contributed by atoms with Crippen molar-refractivity contribution in [2.24, 2.45) is 0 Å². The molecule has 210 valence electrons. The fourth-order valence-corrected chi connectivity index (χ4v) is 5.21. The van der Waals surface area contributed by atoms with E-state index in [0.717, 1.165) is 36.4 Å². The first kappa shape index (κ1) is 27.2. The number of rotatable bonds is 2. The van der Waals surface area contributed by atoms with Crippen molar-refractivity contribution in [1.29, 1.82) is 0 Å². The molecule has 42 heavy (non-hydrogen) atoms. The molecule has 0 spiro atoms. The largest absolute Gasteiger partial charge is 0.289 e. The third-order valence-corrected chi connectivity index (χ3v) is 7.01. The summed E-state index contributed by atoms with van der Waals surface area (Å²) in [7, 11) is 0. The van der Waals surface area contributed by atoms with E-state index in [2.05, 4.69) is 0 Å². The van der Waals surface area contributed by atoms with Crippen LogP contribution in [0.1, 0.15) is 31.8 Å². The second-order valence-corrected chi connectivity index (χ2v) is 9.14. The predicted molar refractivity (Wildman–Crippen MR) is 128 cm³/mol. The molecule has 1 aliphatic carbocycles. The number of halogens is 10. The normalized spacial score (nSPS) is 12.6. The Bertz CT molecular complexity index is 1880. The zero-order valence-electron chi connectivity index (χ0n) is 20.2. The van der Waals surface area contributed by atoms with Crippen LogP contribution in [0.25, 0.3) is 33.0 Å². The molecule has 0 unspecified atom stereocenters. The van der Waals surface area contributed by atoms with Crippen molar-refractivity contribution in [3.63, 3.8) is 0 Å². The lowest BCUT2D eigenvalue weighted by Crippen LogP contribution is -2.24. The number of hydrogen-bond donors (Lipinski definition) is 0. The SMILES string of the molecule is O=C1c2ccccc2C(=O)c2c1c(-c1c(F)c(F)c(F)c(F)c1F)c1ccccc1c2-c1c(F)c(F)c(F)c(F)c1F. The summed E-state index contributed by atoms with van der Waals surface area (Å²) in [5, 5.41) is -1.20. The second-order valence-electron chi connectivity index (χ2n) is 9.14. The number of fused-ring (bicyclic) bond motifs is 3. The van der Waals surface area contributed by atoms with Gasteiger partial charge in [0, 0.05) is 33.4 Å². The van der Waals surface area contributed by atoms with E-state index >= 15 is 17.6 Å². The van der Waals surface area contributed by atoms with Crippen molar-refractivity contribution in [3.05, 3.63) is 129 Å². The van der Waals surface area contributed by atoms with Crippen LogP contribution in [-0.2, 0) is 0 Å². The third kappa shape index (κ3) is 3.41. The maximum Gasteiger partial charge on any atom is 0.200 e. The number of benzene rings is 5. The fourth-order valence-electron chi connectivity index (χ4n) is 5.21. The summed E-state index contributed by atoms with van der Waals surface area (Å²) in [6, 6.07) is 8.94. The molecule has 0 heterocycles. The monoisotopic (exact) mass is 590 g/mol. The van der Waals surface area contributed by atoms with Crippen molar-refractivity contribution < 1.29 is 53.5 Å². The highest BCUT2D eigenvalue weighted by atomic mass is 19.2. The molecule has 1 aliphatic rings. The predicted octanol–water partition coefficient (Wildman–Crippen LogP) is 8.34. The van der Waals surface area contributed by atoms with Gasteiger partial charge in [0.15, 0.2) is 58.1 Å². The van der Waals surface area contributed by atoms with Gasteiger partial charge >= 0.3 is 0 Å². The van der Waals surface area contributed by atoms with E-state index in [1.54, 1.807) is 0 Å². The van der Waals surface area contributed by atoms with E-state index in [-0.39, 0.29) is 0 Å². The molecule has 5 aromatic rings. The van der Waals surface area contributed by atoms with E-state index in [0.29, 0.717) is 0 Å². The van der Waals surface area contributed by atoms with Crippen LogP contribution in [0.4, 0.5) is 43.9 Å². The summed E-state index contributed by atoms with van der Waals surface area (Å²) >= 11 is 0. The molecule has 2 nitrogen and oxygen atoms in total. The molecular weight excluding hydrogens is 582 g/mol. The topological polar surface area (TPSA) is 34.1 Å². The lowest BCUT2D eigenvalue weighted by molar-refractivity contribution is 0.0980. The van der Waals surface area contributed by atoms with Crippen molar-refractivity contribution in [1.82, 2.24) is 0 Å². The lowest BCUT2D eigenvalue weighted by atomic mass is 9.74. The van der Waals surface area contributed by atoms with Gasteiger partial charge in [0.1, 0.15) is 0 Å². The van der Waals surface area contributed by atoms with Crippen molar-refractivity contribution >= 4 is 22.3 Å². The van der Waals surface area contributed by atoms with Crippen LogP contribution in [0.2, 0.25) is 0 Å². The molecule has 5 aromatic carbocycles. The van der Waals surface area contributed by atoms with Gasteiger partial charge in [-0.05, 0) is 10.8 Å². The van der Waals surface area contributed by atoms with Crippen LogP contribution in [0.3, 0.4) is 0 Å². The van der Waals surface area contributed by atoms with E-state index < -0.39 is 125 Å². The highest BCUT2D eigenvalue weighted by Crippen LogP contribution is 2.49. The minimum Gasteiger partial charge on any atom is -0.289 e. The fraction of sp³-hybridized carbons (Fsp3) is 0. The standard InChI is InChI=1S/C30H8F10O2/c31-19-17(20(32)24(36)27(39)23(19)35)13-9-5-1-2-6-10(9)14(18-21(33)25(37)28(40)26(38)22(18)34)16-15(13)29(41)11-7-3-4-8-12(11)30(16)42/h1-8H. The van der Waals surface area contributed by atoms with Gasteiger partial charge in [-0.3, -0.25) is 9.59 Å². The zero-order chi connectivity index (χ0) is 30.4. The second kappa shape index (κ2) is 9.26. The van der Waals surface area contributed by atoms with Gasteiger partial charge < -0.3 is 0 Å². The van der Waals surface area contributed by atoms with Crippen LogP contribution < -0.4 is 0 Å². The van der Waals surface area contributed by atoms with Crippen LogP contribution in [-0.4, -0.2) is 11.6 Å². The Morgan fingerprint density at radius 3 is 0.881 bits per heavy atom. The van der Waals surface area contributed by atoms with Gasteiger partial charge in [-0.15, -0.1) is 0 Å². The zero-order valence-corrected chi connectivity index (χ0v) is 20.2. The summed E-state index contributed by atoms with van der Waals surface area (Å²) in [6.07, 6.45) is 0. The average molecular weight is 590 g/mol. The average Bonchev–Trinajstić information content (AvgIpc) is 3.00. The Labute approximate surface area is 227 Å². The number of ketones is 2. The highest BCUT2D eigenvalue weighted by Gasteiger charge is 2.41. The van der Waals surface area contributed by atoms with Crippen molar-refractivity contribution in [2.75, 3.05) is 0 Å². The number of carbonyl (C=O) groups is 2. The summed E-state index contributed by atoms with van der Waals surface area (Å²) in [4.78, 5) is 27.7. The minimum absolute atomic E-state index is 0.418. The van der Waals surface area contributed by atoms with Crippen molar-refractivity contribution in [2.45, 2.75) is 0 Å². The quantitative estimate of drug-likeness (QED) is 0.115. The van der Waals surface area contributed by atoms with Gasteiger partial charge in [0.2, 0.25) is 11.6 Å². The Hall–Kier alpha value is -5.00. The van der Waals surface area contributed by atoms with Crippen LogP contribution in [0.15, 0.2) is 48.5 Å². The molecule has 0 aromatic heterocycles. The molecule has 0 radical (unpaired) electrons. The van der Waals surface area contributed by atoms with Gasteiger partial charge in [-0.2, -0.15) is 0 Å². The van der Waals surface area contributed by atoms with E-state index in [9.17, 15) is 35.9 Å². The molecule has 0 fully saturated rings. The summed E-state index contributed by atoms with van der Waals surface area (Å²) < 4.78 is 146. The van der Waals surface area contributed by atoms with Crippen LogP contribution in [0, 0.1) is 58.2 Å². The number of carbonyl (C=O) groups excluding carboxylic acids is 2. The van der Waals surface area contributed by atoms with Gasteiger partial charge in [0.05, 0.1) is 11.1 Å². The molecule has 0 N–H and O–H groups in total. The first-order valence-electron chi connectivity index (χ1n) is 11.7. The number of hydrogen-bond acceptors (Lipinski definition) is 2. The molecule has 12 heteroatoms. The minimum atomic E-state index is -2.53.